The molecule has 0 spiro atoms. The molecule has 1 aromatic heterocycles. The number of anilines is 1. The van der Waals surface area contributed by atoms with E-state index in [0.29, 0.717) is 42.2 Å². The SMILES string of the molecule is N#Cc1ccccc1Sc1ccccc1C(=O)OCC(=O)N1CCN(c2ccccn2)CC1. The molecular formula is C25H22N4O3S. The van der Waals surface area contributed by atoms with Crippen LogP contribution in [0.3, 0.4) is 0 Å². The number of nitrogens with zero attached hydrogens (tertiary/aromatic N) is 4. The number of hydrogen-bond donors (Lipinski definition) is 0. The van der Waals surface area contributed by atoms with E-state index in [4.69, 9.17) is 4.74 Å². The van der Waals surface area contributed by atoms with Gasteiger partial charge in [0.25, 0.3) is 5.91 Å². The van der Waals surface area contributed by atoms with Crippen molar-refractivity contribution >= 4 is 29.5 Å². The lowest BCUT2D eigenvalue weighted by Gasteiger charge is -2.35. The van der Waals surface area contributed by atoms with Gasteiger partial charge in [-0.2, -0.15) is 5.26 Å². The van der Waals surface area contributed by atoms with Gasteiger partial charge in [0.1, 0.15) is 11.9 Å². The number of carbonyl (C=O) groups is 2. The number of amides is 1. The Labute approximate surface area is 196 Å². The molecule has 0 radical (unpaired) electrons. The Bertz CT molecular complexity index is 1170. The molecule has 3 aromatic rings. The maximum absolute atomic E-state index is 12.7. The van der Waals surface area contributed by atoms with Crippen molar-refractivity contribution in [2.45, 2.75) is 9.79 Å². The smallest absolute Gasteiger partial charge is 0.339 e. The summed E-state index contributed by atoms with van der Waals surface area (Å²) in [4.78, 5) is 35.0. The van der Waals surface area contributed by atoms with E-state index in [9.17, 15) is 14.9 Å². The second-order valence-electron chi connectivity index (χ2n) is 7.34. The Hall–Kier alpha value is -3.83. The van der Waals surface area contributed by atoms with Crippen LogP contribution in [0.4, 0.5) is 5.82 Å². The number of carbonyl (C=O) groups excluding carboxylic acids is 2. The maximum Gasteiger partial charge on any atom is 0.339 e. The van der Waals surface area contributed by atoms with Crippen molar-refractivity contribution in [3.8, 4) is 6.07 Å². The van der Waals surface area contributed by atoms with Crippen LogP contribution in [0.5, 0.6) is 0 Å². The monoisotopic (exact) mass is 458 g/mol. The van der Waals surface area contributed by atoms with Crippen molar-refractivity contribution < 1.29 is 14.3 Å². The highest BCUT2D eigenvalue weighted by atomic mass is 32.2. The molecule has 7 nitrogen and oxygen atoms in total. The third-order valence-electron chi connectivity index (χ3n) is 5.27. The van der Waals surface area contributed by atoms with Crippen molar-refractivity contribution in [2.24, 2.45) is 0 Å². The number of nitriles is 1. The fourth-order valence-electron chi connectivity index (χ4n) is 3.51. The van der Waals surface area contributed by atoms with Crippen molar-refractivity contribution in [1.29, 1.82) is 5.26 Å². The molecule has 0 atom stereocenters. The summed E-state index contributed by atoms with van der Waals surface area (Å²) in [6.45, 7) is 2.13. The standard InChI is InChI=1S/C25H22N4O3S/c26-17-19-7-1-3-9-21(19)33-22-10-4-2-8-20(22)25(31)32-18-24(30)29-15-13-28(14-16-29)23-11-5-6-12-27-23/h1-12H,13-16,18H2. The van der Waals surface area contributed by atoms with Gasteiger partial charge < -0.3 is 14.5 Å². The summed E-state index contributed by atoms with van der Waals surface area (Å²) in [5.41, 5.74) is 0.897. The van der Waals surface area contributed by atoms with Crippen LogP contribution in [0, 0.1) is 11.3 Å². The highest BCUT2D eigenvalue weighted by Gasteiger charge is 2.23. The van der Waals surface area contributed by atoms with E-state index in [-0.39, 0.29) is 12.5 Å². The van der Waals surface area contributed by atoms with Crippen LogP contribution in [-0.4, -0.2) is 54.5 Å². The van der Waals surface area contributed by atoms with Gasteiger partial charge >= 0.3 is 5.97 Å². The number of pyridine rings is 1. The zero-order valence-corrected chi connectivity index (χ0v) is 18.7. The molecule has 2 heterocycles. The Kier molecular flexibility index (Phi) is 7.22. The van der Waals surface area contributed by atoms with E-state index in [1.165, 1.54) is 11.8 Å². The van der Waals surface area contributed by atoms with Gasteiger partial charge in [-0.3, -0.25) is 4.79 Å². The Morgan fingerprint density at radius 2 is 1.64 bits per heavy atom. The Balaban J connectivity index is 1.34. The molecule has 33 heavy (non-hydrogen) atoms. The first-order valence-corrected chi connectivity index (χ1v) is 11.3. The molecule has 1 saturated heterocycles. The summed E-state index contributed by atoms with van der Waals surface area (Å²) in [5, 5.41) is 9.32. The molecule has 166 valence electrons. The molecule has 0 bridgehead atoms. The van der Waals surface area contributed by atoms with Crippen LogP contribution in [0.1, 0.15) is 15.9 Å². The van der Waals surface area contributed by atoms with E-state index < -0.39 is 5.97 Å². The van der Waals surface area contributed by atoms with Gasteiger partial charge in [0.2, 0.25) is 0 Å². The normalized spacial score (nSPS) is 13.3. The summed E-state index contributed by atoms with van der Waals surface area (Å²) >= 11 is 1.32. The lowest BCUT2D eigenvalue weighted by molar-refractivity contribution is -0.134. The van der Waals surface area contributed by atoms with Crippen molar-refractivity contribution in [3.05, 3.63) is 84.1 Å². The third kappa shape index (κ3) is 5.51. The average Bonchev–Trinajstić information content (AvgIpc) is 2.88. The van der Waals surface area contributed by atoms with E-state index in [1.807, 2.05) is 36.4 Å². The van der Waals surface area contributed by atoms with Crippen LogP contribution in [-0.2, 0) is 9.53 Å². The molecule has 1 aliphatic heterocycles. The first-order chi connectivity index (χ1) is 16.2. The number of benzene rings is 2. The largest absolute Gasteiger partial charge is 0.452 e. The first-order valence-electron chi connectivity index (χ1n) is 10.5. The number of aromatic nitrogens is 1. The summed E-state index contributed by atoms with van der Waals surface area (Å²) in [6.07, 6.45) is 1.75. The van der Waals surface area contributed by atoms with Gasteiger partial charge in [-0.25, -0.2) is 9.78 Å². The molecular weight excluding hydrogens is 436 g/mol. The molecule has 1 aliphatic rings. The van der Waals surface area contributed by atoms with Crippen molar-refractivity contribution in [1.82, 2.24) is 9.88 Å². The van der Waals surface area contributed by atoms with Gasteiger partial charge in [0.05, 0.1) is 11.1 Å². The first kappa shape index (κ1) is 22.4. The molecule has 4 rings (SSSR count). The Morgan fingerprint density at radius 1 is 0.939 bits per heavy atom. The van der Waals surface area contributed by atoms with Crippen LogP contribution < -0.4 is 4.90 Å². The molecule has 1 fully saturated rings. The van der Waals surface area contributed by atoms with Crippen LogP contribution in [0.25, 0.3) is 0 Å². The van der Waals surface area contributed by atoms with Gasteiger partial charge in [-0.15, -0.1) is 0 Å². The lowest BCUT2D eigenvalue weighted by atomic mass is 10.2. The second kappa shape index (κ2) is 10.7. The quantitative estimate of drug-likeness (QED) is 0.522. The maximum atomic E-state index is 12.7. The number of rotatable bonds is 6. The molecule has 8 heteroatoms. The predicted octanol–water partition coefficient (Wildman–Crippen LogP) is 3.61. The minimum atomic E-state index is -0.562. The number of esters is 1. The average molecular weight is 459 g/mol. The minimum Gasteiger partial charge on any atom is -0.452 e. The molecule has 0 N–H and O–H groups in total. The van der Waals surface area contributed by atoms with Crippen LogP contribution >= 0.6 is 11.8 Å². The fourth-order valence-corrected chi connectivity index (χ4v) is 4.53. The lowest BCUT2D eigenvalue weighted by Crippen LogP contribution is -2.50. The molecule has 0 saturated carbocycles. The van der Waals surface area contributed by atoms with Crippen LogP contribution in [0.15, 0.2) is 82.7 Å². The van der Waals surface area contributed by atoms with Gasteiger partial charge in [0, 0.05) is 42.2 Å². The second-order valence-corrected chi connectivity index (χ2v) is 8.42. The molecule has 1 amide bonds. The highest BCUT2D eigenvalue weighted by Crippen LogP contribution is 2.32. The Morgan fingerprint density at radius 3 is 2.36 bits per heavy atom. The van der Waals surface area contributed by atoms with Crippen LogP contribution in [0.2, 0.25) is 0 Å². The highest BCUT2D eigenvalue weighted by molar-refractivity contribution is 7.99. The summed E-state index contributed by atoms with van der Waals surface area (Å²) in [6, 6.07) is 22.2. The molecule has 2 aromatic carbocycles. The number of piperazine rings is 1. The van der Waals surface area contributed by atoms with Gasteiger partial charge in [-0.05, 0) is 36.4 Å². The predicted molar refractivity (Wildman–Crippen MR) is 125 cm³/mol. The molecule has 0 aliphatic carbocycles. The van der Waals surface area contributed by atoms with E-state index in [2.05, 4.69) is 16.0 Å². The molecule has 0 unspecified atom stereocenters. The number of ether oxygens (including phenoxy) is 1. The zero-order valence-electron chi connectivity index (χ0n) is 17.9. The van der Waals surface area contributed by atoms with Crippen molar-refractivity contribution in [2.75, 3.05) is 37.7 Å². The number of hydrogen-bond acceptors (Lipinski definition) is 7. The minimum absolute atomic E-state index is 0.219. The van der Waals surface area contributed by atoms with E-state index in [1.54, 1.807) is 41.4 Å². The van der Waals surface area contributed by atoms with Crippen molar-refractivity contribution in [3.63, 3.8) is 0 Å². The van der Waals surface area contributed by atoms with E-state index in [0.717, 1.165) is 10.7 Å². The third-order valence-corrected chi connectivity index (χ3v) is 6.42. The topological polar surface area (TPSA) is 86.5 Å². The van der Waals surface area contributed by atoms with Gasteiger partial charge in [0.15, 0.2) is 6.61 Å². The van der Waals surface area contributed by atoms with Gasteiger partial charge in [-0.1, -0.05) is 42.1 Å². The zero-order chi connectivity index (χ0) is 23.0. The van der Waals surface area contributed by atoms with E-state index >= 15 is 0 Å². The fraction of sp³-hybridized carbons (Fsp3) is 0.200. The summed E-state index contributed by atoms with van der Waals surface area (Å²) in [5.74, 6) is 0.111. The summed E-state index contributed by atoms with van der Waals surface area (Å²) in [7, 11) is 0. The summed E-state index contributed by atoms with van der Waals surface area (Å²) < 4.78 is 5.36.